The summed E-state index contributed by atoms with van der Waals surface area (Å²) in [4.78, 5) is 37.7. The number of carbonyl (C=O) groups excluding carboxylic acids is 3. The fourth-order valence-corrected chi connectivity index (χ4v) is 4.70. The Labute approximate surface area is 284 Å². The number of carbonyl (C=O) groups is 3. The van der Waals surface area contributed by atoms with Gasteiger partial charge >= 0.3 is 11.9 Å². The zero-order valence-electron chi connectivity index (χ0n) is 28.8. The van der Waals surface area contributed by atoms with Crippen molar-refractivity contribution in [3.05, 3.63) is 107 Å². The van der Waals surface area contributed by atoms with Gasteiger partial charge in [-0.05, 0) is 44.3 Å². The predicted octanol–water partition coefficient (Wildman–Crippen LogP) is 4.22. The minimum absolute atomic E-state index is 0.255. The van der Waals surface area contributed by atoms with Crippen LogP contribution in [0.3, 0.4) is 0 Å². The number of ether oxygens (including phenoxy) is 2. The molecule has 5 unspecified atom stereocenters. The molecule has 0 saturated heterocycles. The van der Waals surface area contributed by atoms with Crippen LogP contribution >= 0.6 is 0 Å². The van der Waals surface area contributed by atoms with Gasteiger partial charge in [-0.15, -0.1) is 0 Å². The Bertz CT molecular complexity index is 1370. The van der Waals surface area contributed by atoms with Gasteiger partial charge in [-0.25, -0.2) is 0 Å². The molecule has 0 heterocycles. The second kappa shape index (κ2) is 21.1. The van der Waals surface area contributed by atoms with Crippen molar-refractivity contribution in [3.8, 4) is 0 Å². The standard InChI is InChI=1S/C38H52O10/c1-8-9-13-25(2)14-10-11-15-26(3)16-12-17-27(4)18-19-29-28(5)35(44)32(22-38(29,6)7)48-34(43)21-20-33(42)47-24-31(41)37(46)36(45)30(40)23-39/h8-19,30-32,36-37,39-41,45-46H,1,20-24H2,2-7H3. The first-order valence-corrected chi connectivity index (χ1v) is 15.8. The largest absolute Gasteiger partial charge is 0.463 e. The molecule has 1 aliphatic carbocycles. The van der Waals surface area contributed by atoms with E-state index in [1.54, 1.807) is 13.0 Å². The van der Waals surface area contributed by atoms with E-state index in [0.717, 1.165) is 22.3 Å². The highest BCUT2D eigenvalue weighted by Gasteiger charge is 2.40. The molecule has 0 amide bonds. The summed E-state index contributed by atoms with van der Waals surface area (Å²) in [6, 6.07) is 0. The van der Waals surface area contributed by atoms with Crippen molar-refractivity contribution >= 4 is 17.7 Å². The molecule has 264 valence electrons. The van der Waals surface area contributed by atoms with E-state index in [4.69, 9.17) is 14.6 Å². The average molecular weight is 669 g/mol. The molecule has 5 atom stereocenters. The number of Topliss-reactive ketones (excluding diaryl/α,β-unsaturated/α-hetero) is 1. The number of allylic oxidation sites excluding steroid dienone is 16. The number of rotatable bonds is 18. The highest BCUT2D eigenvalue weighted by atomic mass is 16.6. The van der Waals surface area contributed by atoms with E-state index in [1.807, 2.05) is 101 Å². The summed E-state index contributed by atoms with van der Waals surface area (Å²) in [7, 11) is 0. The lowest BCUT2D eigenvalue weighted by Crippen LogP contribution is -2.47. The van der Waals surface area contributed by atoms with E-state index in [2.05, 4.69) is 6.58 Å². The van der Waals surface area contributed by atoms with Gasteiger partial charge in [0.05, 0.1) is 19.4 Å². The Morgan fingerprint density at radius 3 is 1.96 bits per heavy atom. The number of aliphatic hydroxyl groups is 5. The lowest BCUT2D eigenvalue weighted by molar-refractivity contribution is -0.161. The molecular formula is C38H52O10. The van der Waals surface area contributed by atoms with Crippen LogP contribution in [-0.4, -0.2) is 87.0 Å². The molecule has 0 bridgehead atoms. The number of aliphatic hydroxyl groups excluding tert-OH is 5. The second-order valence-corrected chi connectivity index (χ2v) is 12.4. The molecule has 0 saturated carbocycles. The van der Waals surface area contributed by atoms with Gasteiger partial charge in [0, 0.05) is 6.42 Å². The molecule has 0 fully saturated rings. The first kappa shape index (κ1) is 42.1. The van der Waals surface area contributed by atoms with E-state index in [0.29, 0.717) is 5.57 Å². The van der Waals surface area contributed by atoms with Crippen molar-refractivity contribution < 1.29 is 49.4 Å². The predicted molar refractivity (Wildman–Crippen MR) is 185 cm³/mol. The zero-order valence-corrected chi connectivity index (χ0v) is 28.8. The molecule has 1 rings (SSSR count). The van der Waals surface area contributed by atoms with Gasteiger partial charge in [-0.3, -0.25) is 14.4 Å². The third kappa shape index (κ3) is 14.9. The molecule has 0 radical (unpaired) electrons. The van der Waals surface area contributed by atoms with Crippen molar-refractivity contribution in [3.63, 3.8) is 0 Å². The van der Waals surface area contributed by atoms with Crippen LogP contribution in [0, 0.1) is 5.41 Å². The van der Waals surface area contributed by atoms with Gasteiger partial charge in [0.25, 0.3) is 0 Å². The number of esters is 2. The first-order chi connectivity index (χ1) is 22.5. The molecule has 10 heteroatoms. The highest BCUT2D eigenvalue weighted by molar-refractivity contribution is 6.01. The maximum atomic E-state index is 13.1. The Hall–Kier alpha value is -3.93. The number of ketones is 1. The Balaban J connectivity index is 2.74. The molecular weight excluding hydrogens is 616 g/mol. The smallest absolute Gasteiger partial charge is 0.307 e. The van der Waals surface area contributed by atoms with Gasteiger partial charge in [-0.2, -0.15) is 0 Å². The molecule has 48 heavy (non-hydrogen) atoms. The molecule has 5 N–H and O–H groups in total. The Morgan fingerprint density at radius 2 is 1.38 bits per heavy atom. The fraction of sp³-hybridized carbons (Fsp3) is 0.447. The Kier molecular flexibility index (Phi) is 18.5. The molecule has 0 aliphatic heterocycles. The number of hydrogen-bond donors (Lipinski definition) is 5. The van der Waals surface area contributed by atoms with Gasteiger partial charge < -0.3 is 35.0 Å². The molecule has 0 aromatic rings. The lowest BCUT2D eigenvalue weighted by Gasteiger charge is -2.36. The summed E-state index contributed by atoms with van der Waals surface area (Å²) < 4.78 is 10.3. The van der Waals surface area contributed by atoms with Gasteiger partial charge in [0.2, 0.25) is 0 Å². The van der Waals surface area contributed by atoms with Crippen LogP contribution in [0.25, 0.3) is 0 Å². The summed E-state index contributed by atoms with van der Waals surface area (Å²) >= 11 is 0. The van der Waals surface area contributed by atoms with Crippen LogP contribution in [0.4, 0.5) is 0 Å². The lowest BCUT2D eigenvalue weighted by atomic mass is 9.71. The van der Waals surface area contributed by atoms with Crippen LogP contribution in [-0.2, 0) is 23.9 Å². The third-order valence-corrected chi connectivity index (χ3v) is 7.59. The molecule has 0 aromatic carbocycles. The van der Waals surface area contributed by atoms with E-state index in [9.17, 15) is 34.8 Å². The summed E-state index contributed by atoms with van der Waals surface area (Å²) in [5, 5.41) is 47.5. The molecule has 0 aromatic heterocycles. The fourth-order valence-electron chi connectivity index (χ4n) is 4.70. The molecule has 0 spiro atoms. The number of hydrogen-bond acceptors (Lipinski definition) is 10. The van der Waals surface area contributed by atoms with Crippen molar-refractivity contribution in [2.24, 2.45) is 5.41 Å². The normalized spacial score (nSPS) is 20.5. The minimum Gasteiger partial charge on any atom is -0.463 e. The zero-order chi connectivity index (χ0) is 36.4. The van der Waals surface area contributed by atoms with E-state index in [-0.39, 0.29) is 18.6 Å². The third-order valence-electron chi connectivity index (χ3n) is 7.59. The monoisotopic (exact) mass is 668 g/mol. The molecule has 10 nitrogen and oxygen atoms in total. The second-order valence-electron chi connectivity index (χ2n) is 12.4. The van der Waals surface area contributed by atoms with E-state index < -0.39 is 67.5 Å². The SMILES string of the molecule is C=CC=CC(C)=CC=CC=C(C)C=CC=C(C)C=CC1=C(C)C(=O)C(OC(=O)CCC(=O)OCC(O)C(O)C(O)C(O)CO)CC1(C)C. The highest BCUT2D eigenvalue weighted by Crippen LogP contribution is 2.40. The van der Waals surface area contributed by atoms with Crippen molar-refractivity contribution in [2.45, 2.75) is 91.3 Å². The van der Waals surface area contributed by atoms with Crippen molar-refractivity contribution in [1.82, 2.24) is 0 Å². The van der Waals surface area contributed by atoms with Crippen molar-refractivity contribution in [2.75, 3.05) is 13.2 Å². The van der Waals surface area contributed by atoms with Gasteiger partial charge in [0.15, 0.2) is 11.9 Å². The van der Waals surface area contributed by atoms with Crippen LogP contribution < -0.4 is 0 Å². The summed E-state index contributed by atoms with van der Waals surface area (Å²) in [6.07, 6.45) is 14.6. The maximum absolute atomic E-state index is 13.1. The van der Waals surface area contributed by atoms with Gasteiger partial charge in [-0.1, -0.05) is 110 Å². The topological polar surface area (TPSA) is 171 Å². The van der Waals surface area contributed by atoms with Crippen LogP contribution in [0.2, 0.25) is 0 Å². The first-order valence-electron chi connectivity index (χ1n) is 15.8. The summed E-state index contributed by atoms with van der Waals surface area (Å²) in [6.45, 7) is 13.7. The quantitative estimate of drug-likeness (QED) is 0.105. The minimum atomic E-state index is -1.88. The van der Waals surface area contributed by atoms with Crippen LogP contribution in [0.5, 0.6) is 0 Å². The molecule has 1 aliphatic rings. The van der Waals surface area contributed by atoms with E-state index in [1.165, 1.54) is 0 Å². The maximum Gasteiger partial charge on any atom is 0.307 e. The van der Waals surface area contributed by atoms with Crippen LogP contribution in [0.15, 0.2) is 107 Å². The van der Waals surface area contributed by atoms with Crippen LogP contribution in [0.1, 0.15) is 60.8 Å². The summed E-state index contributed by atoms with van der Waals surface area (Å²) in [5.41, 5.74) is 4.01. The average Bonchev–Trinajstić information content (AvgIpc) is 3.04. The van der Waals surface area contributed by atoms with Crippen molar-refractivity contribution in [1.29, 1.82) is 0 Å². The van der Waals surface area contributed by atoms with Gasteiger partial charge in [0.1, 0.15) is 31.0 Å². The Morgan fingerprint density at radius 1 is 0.854 bits per heavy atom. The summed E-state index contributed by atoms with van der Waals surface area (Å²) in [5.74, 6) is -1.97. The van der Waals surface area contributed by atoms with E-state index >= 15 is 0 Å².